The minimum atomic E-state index is -0.210. The molecule has 7 heteroatoms. The van der Waals surface area contributed by atoms with Crippen molar-refractivity contribution in [3.8, 4) is 5.75 Å². The first kappa shape index (κ1) is 21.6. The number of ether oxygens (including phenoxy) is 1. The van der Waals surface area contributed by atoms with Crippen LogP contribution in [-0.4, -0.2) is 38.1 Å². The van der Waals surface area contributed by atoms with Crippen LogP contribution < -0.4 is 20.7 Å². The van der Waals surface area contributed by atoms with Crippen LogP contribution in [0.1, 0.15) is 30.0 Å². The Kier molecular flexibility index (Phi) is 7.65. The van der Waals surface area contributed by atoms with Gasteiger partial charge in [-0.2, -0.15) is 0 Å². The van der Waals surface area contributed by atoms with Crippen LogP contribution in [0.5, 0.6) is 5.75 Å². The summed E-state index contributed by atoms with van der Waals surface area (Å²) in [6, 6.07) is 10.6. The SMILES string of the molecule is CCNC(=NCCc1ccc(F)cc1C)NCCOc1ccc2c(c1)CCC(=O)N2. The van der Waals surface area contributed by atoms with Crippen LogP contribution in [-0.2, 0) is 17.6 Å². The molecule has 1 aliphatic heterocycles. The molecule has 2 aromatic rings. The Morgan fingerprint density at radius 1 is 1.20 bits per heavy atom. The van der Waals surface area contributed by atoms with Crippen LogP contribution in [0, 0.1) is 12.7 Å². The van der Waals surface area contributed by atoms with E-state index >= 15 is 0 Å². The normalized spacial score (nSPS) is 13.4. The van der Waals surface area contributed by atoms with Crippen LogP contribution >= 0.6 is 0 Å². The van der Waals surface area contributed by atoms with Gasteiger partial charge in [0.05, 0.1) is 6.54 Å². The maximum Gasteiger partial charge on any atom is 0.224 e. The third-order valence-corrected chi connectivity index (χ3v) is 4.94. The summed E-state index contributed by atoms with van der Waals surface area (Å²) in [4.78, 5) is 16.0. The number of nitrogens with zero attached hydrogens (tertiary/aromatic N) is 1. The van der Waals surface area contributed by atoms with Crippen LogP contribution in [0.2, 0.25) is 0 Å². The van der Waals surface area contributed by atoms with Crippen molar-refractivity contribution in [3.05, 3.63) is 58.9 Å². The zero-order valence-electron chi connectivity index (χ0n) is 17.6. The fraction of sp³-hybridized carbons (Fsp3) is 0.391. The molecule has 6 nitrogen and oxygen atoms in total. The van der Waals surface area contributed by atoms with Crippen LogP contribution in [0.4, 0.5) is 10.1 Å². The first-order valence-corrected chi connectivity index (χ1v) is 10.4. The highest BCUT2D eigenvalue weighted by molar-refractivity contribution is 5.94. The van der Waals surface area contributed by atoms with E-state index in [0.717, 1.165) is 53.5 Å². The molecule has 0 unspecified atom stereocenters. The lowest BCUT2D eigenvalue weighted by atomic mass is 10.0. The summed E-state index contributed by atoms with van der Waals surface area (Å²) in [5.74, 6) is 1.37. The Labute approximate surface area is 176 Å². The number of aryl methyl sites for hydroxylation is 2. The van der Waals surface area contributed by atoms with E-state index in [9.17, 15) is 9.18 Å². The number of anilines is 1. The van der Waals surface area contributed by atoms with Gasteiger partial charge in [0, 0.05) is 25.2 Å². The molecule has 0 fully saturated rings. The number of hydrogen-bond donors (Lipinski definition) is 3. The third kappa shape index (κ3) is 6.20. The average molecular weight is 413 g/mol. The molecule has 0 bridgehead atoms. The van der Waals surface area contributed by atoms with Crippen LogP contribution in [0.15, 0.2) is 41.4 Å². The van der Waals surface area contributed by atoms with Crippen molar-refractivity contribution in [2.75, 3.05) is 31.6 Å². The van der Waals surface area contributed by atoms with Gasteiger partial charge in [-0.25, -0.2) is 4.39 Å². The van der Waals surface area contributed by atoms with E-state index in [-0.39, 0.29) is 11.7 Å². The third-order valence-electron chi connectivity index (χ3n) is 4.94. The van der Waals surface area contributed by atoms with Crippen molar-refractivity contribution < 1.29 is 13.9 Å². The molecule has 1 amide bonds. The number of benzene rings is 2. The average Bonchev–Trinajstić information content (AvgIpc) is 2.72. The number of rotatable bonds is 8. The van der Waals surface area contributed by atoms with E-state index in [1.807, 2.05) is 38.1 Å². The van der Waals surface area contributed by atoms with E-state index in [4.69, 9.17) is 4.74 Å². The van der Waals surface area contributed by atoms with E-state index in [1.165, 1.54) is 6.07 Å². The molecule has 30 heavy (non-hydrogen) atoms. The van der Waals surface area contributed by atoms with Gasteiger partial charge in [-0.1, -0.05) is 6.07 Å². The predicted octanol–water partition coefficient (Wildman–Crippen LogP) is 3.20. The van der Waals surface area contributed by atoms with Gasteiger partial charge in [0.1, 0.15) is 18.2 Å². The molecule has 1 heterocycles. The molecular weight excluding hydrogens is 383 g/mol. The number of carbonyl (C=O) groups excluding carboxylic acids is 1. The predicted molar refractivity (Wildman–Crippen MR) is 118 cm³/mol. The second-order valence-corrected chi connectivity index (χ2v) is 7.22. The molecule has 0 spiro atoms. The number of nitrogens with one attached hydrogen (secondary N) is 3. The molecule has 0 atom stereocenters. The van der Waals surface area contributed by atoms with Gasteiger partial charge < -0.3 is 20.7 Å². The summed E-state index contributed by atoms with van der Waals surface area (Å²) in [7, 11) is 0. The second kappa shape index (κ2) is 10.6. The molecule has 0 aliphatic carbocycles. The van der Waals surface area contributed by atoms with Gasteiger partial charge in [-0.3, -0.25) is 9.79 Å². The van der Waals surface area contributed by atoms with Crippen molar-refractivity contribution in [1.82, 2.24) is 10.6 Å². The van der Waals surface area contributed by atoms with Gasteiger partial charge >= 0.3 is 0 Å². The fourth-order valence-electron chi connectivity index (χ4n) is 3.36. The largest absolute Gasteiger partial charge is 0.492 e. The molecule has 3 N–H and O–H groups in total. The van der Waals surface area contributed by atoms with Crippen LogP contribution in [0.25, 0.3) is 0 Å². The quantitative estimate of drug-likeness (QED) is 0.354. The zero-order valence-corrected chi connectivity index (χ0v) is 17.6. The Balaban J connectivity index is 1.45. The van der Waals surface area contributed by atoms with Crippen molar-refractivity contribution in [2.45, 2.75) is 33.1 Å². The Morgan fingerprint density at radius 3 is 2.87 bits per heavy atom. The molecule has 0 saturated carbocycles. The maximum absolute atomic E-state index is 13.2. The first-order valence-electron chi connectivity index (χ1n) is 10.4. The lowest BCUT2D eigenvalue weighted by Crippen LogP contribution is -2.39. The fourth-order valence-corrected chi connectivity index (χ4v) is 3.36. The summed E-state index contributed by atoms with van der Waals surface area (Å²) in [6.45, 7) is 6.40. The van der Waals surface area contributed by atoms with Gasteiger partial charge in [-0.05, 0) is 73.7 Å². The standard InChI is InChI=1S/C23H29FN4O2/c1-3-25-23(26-11-10-17-4-6-19(24)14-16(17)2)27-12-13-30-20-7-8-21-18(15-20)5-9-22(29)28-21/h4,6-8,14-15H,3,5,9-13H2,1-2H3,(H,28,29)(H2,25,26,27). The van der Waals surface area contributed by atoms with Gasteiger partial charge in [0.2, 0.25) is 5.91 Å². The highest BCUT2D eigenvalue weighted by Crippen LogP contribution is 2.26. The van der Waals surface area contributed by atoms with Crippen molar-refractivity contribution in [2.24, 2.45) is 4.99 Å². The number of carbonyl (C=O) groups is 1. The Morgan fingerprint density at radius 2 is 2.07 bits per heavy atom. The first-order chi connectivity index (χ1) is 14.5. The summed E-state index contributed by atoms with van der Waals surface area (Å²) >= 11 is 0. The smallest absolute Gasteiger partial charge is 0.224 e. The molecule has 0 radical (unpaired) electrons. The molecule has 0 aromatic heterocycles. The number of hydrogen-bond acceptors (Lipinski definition) is 3. The molecule has 0 saturated heterocycles. The minimum Gasteiger partial charge on any atom is -0.492 e. The van der Waals surface area contributed by atoms with Gasteiger partial charge in [-0.15, -0.1) is 0 Å². The van der Waals surface area contributed by atoms with E-state index in [2.05, 4.69) is 20.9 Å². The summed E-state index contributed by atoms with van der Waals surface area (Å²) in [5.41, 5.74) is 4.02. The van der Waals surface area contributed by atoms with E-state index < -0.39 is 0 Å². The summed E-state index contributed by atoms with van der Waals surface area (Å²) < 4.78 is 19.1. The topological polar surface area (TPSA) is 74.8 Å². The second-order valence-electron chi connectivity index (χ2n) is 7.22. The van der Waals surface area contributed by atoms with Crippen molar-refractivity contribution in [3.63, 3.8) is 0 Å². The molecule has 2 aromatic carbocycles. The number of fused-ring (bicyclic) bond motifs is 1. The van der Waals surface area contributed by atoms with Crippen molar-refractivity contribution >= 4 is 17.6 Å². The lowest BCUT2D eigenvalue weighted by Gasteiger charge is -2.18. The maximum atomic E-state index is 13.2. The highest BCUT2D eigenvalue weighted by Gasteiger charge is 2.14. The Hall–Kier alpha value is -3.09. The Bertz CT molecular complexity index is 914. The molecular formula is C23H29FN4O2. The lowest BCUT2D eigenvalue weighted by molar-refractivity contribution is -0.116. The van der Waals surface area contributed by atoms with E-state index in [0.29, 0.717) is 26.1 Å². The van der Waals surface area contributed by atoms with Gasteiger partial charge in [0.25, 0.3) is 0 Å². The number of aliphatic imine (C=N–C) groups is 1. The monoisotopic (exact) mass is 412 g/mol. The van der Waals surface area contributed by atoms with Crippen LogP contribution in [0.3, 0.4) is 0 Å². The number of halogens is 1. The minimum absolute atomic E-state index is 0.0604. The number of guanidine groups is 1. The van der Waals surface area contributed by atoms with E-state index in [1.54, 1.807) is 6.07 Å². The van der Waals surface area contributed by atoms with Crippen molar-refractivity contribution in [1.29, 1.82) is 0 Å². The molecule has 1 aliphatic rings. The number of amides is 1. The molecule has 3 rings (SSSR count). The summed E-state index contributed by atoms with van der Waals surface area (Å²) in [6.07, 6.45) is 2.00. The summed E-state index contributed by atoms with van der Waals surface area (Å²) in [5, 5.41) is 9.36. The van der Waals surface area contributed by atoms with Gasteiger partial charge in [0.15, 0.2) is 5.96 Å². The zero-order chi connectivity index (χ0) is 21.3. The highest BCUT2D eigenvalue weighted by atomic mass is 19.1. The molecule has 160 valence electrons.